The van der Waals surface area contributed by atoms with Gasteiger partial charge in [-0.1, -0.05) is 66.4 Å². The van der Waals surface area contributed by atoms with E-state index in [0.29, 0.717) is 18.1 Å². The fourth-order valence-electron chi connectivity index (χ4n) is 4.20. The third kappa shape index (κ3) is 4.49. The van der Waals surface area contributed by atoms with E-state index in [2.05, 4.69) is 0 Å². The lowest BCUT2D eigenvalue weighted by atomic mass is 9.94. The van der Waals surface area contributed by atoms with Crippen molar-refractivity contribution in [3.63, 3.8) is 0 Å². The van der Waals surface area contributed by atoms with Crippen molar-refractivity contribution in [3.8, 4) is 0 Å². The minimum Gasteiger partial charge on any atom is -0.284 e. The average molecular weight is 472 g/mol. The van der Waals surface area contributed by atoms with Crippen LogP contribution in [-0.4, -0.2) is 51.8 Å². The lowest BCUT2D eigenvalue weighted by Crippen LogP contribution is -2.58. The van der Waals surface area contributed by atoms with Crippen LogP contribution in [0.1, 0.15) is 37.5 Å². The maximum absolute atomic E-state index is 13.9. The molecule has 2 heterocycles. The van der Waals surface area contributed by atoms with Gasteiger partial charge in [0.2, 0.25) is 15.9 Å². The molecule has 2 aromatic rings. The fraction of sp³-hybridized carbons (Fsp3) is 0.417. The molecular weight excluding hydrogens is 442 g/mol. The Labute approximate surface area is 194 Å². The molecule has 4 rings (SSSR count). The second-order valence-electron chi connectivity index (χ2n) is 8.79. The molecule has 0 aromatic heterocycles. The number of fused-ring (bicyclic) bond motifs is 1. The van der Waals surface area contributed by atoms with E-state index in [1.54, 1.807) is 23.6 Å². The molecule has 0 radical (unpaired) electrons. The third-order valence-electron chi connectivity index (χ3n) is 6.02. The number of carbonyl (C=O) groups is 1. The zero-order valence-corrected chi connectivity index (χ0v) is 20.3. The monoisotopic (exact) mass is 471 g/mol. The zero-order valence-electron chi connectivity index (χ0n) is 18.7. The first-order valence-electron chi connectivity index (χ1n) is 10.8. The first-order valence-corrected chi connectivity index (χ1v) is 13.4. The maximum Gasteiger partial charge on any atom is 0.247 e. The van der Waals surface area contributed by atoms with Gasteiger partial charge in [0, 0.05) is 12.3 Å². The molecule has 170 valence electrons. The summed E-state index contributed by atoms with van der Waals surface area (Å²) >= 11 is 1.56. The molecule has 32 heavy (non-hydrogen) atoms. The van der Waals surface area contributed by atoms with E-state index in [1.165, 1.54) is 4.31 Å². The Kier molecular flexibility index (Phi) is 6.47. The van der Waals surface area contributed by atoms with Gasteiger partial charge in [-0.15, -0.1) is 0 Å². The third-order valence-corrected chi connectivity index (χ3v) is 9.27. The van der Waals surface area contributed by atoms with E-state index in [-0.39, 0.29) is 18.2 Å². The van der Waals surface area contributed by atoms with E-state index in [4.69, 9.17) is 4.99 Å². The molecule has 0 aliphatic carbocycles. The van der Waals surface area contributed by atoms with Crippen molar-refractivity contribution < 1.29 is 13.2 Å². The highest BCUT2D eigenvalue weighted by molar-refractivity contribution is 8.14. The topological polar surface area (TPSA) is 70.1 Å². The Hall–Kier alpha value is -2.16. The van der Waals surface area contributed by atoms with Gasteiger partial charge in [-0.25, -0.2) is 8.42 Å². The lowest BCUT2D eigenvalue weighted by molar-refractivity contribution is -0.134. The molecular formula is C24H29N3O3S2. The number of thioether (sulfide) groups is 1. The van der Waals surface area contributed by atoms with E-state index >= 15 is 0 Å². The number of hydrogen-bond acceptors (Lipinski definition) is 5. The number of amides is 1. The maximum atomic E-state index is 13.9. The van der Waals surface area contributed by atoms with Gasteiger partial charge in [0.05, 0.1) is 17.8 Å². The van der Waals surface area contributed by atoms with Crippen LogP contribution in [0.4, 0.5) is 0 Å². The van der Waals surface area contributed by atoms with Gasteiger partial charge in [-0.05, 0) is 43.9 Å². The number of hydrogen-bond donors (Lipinski definition) is 0. The molecule has 0 bridgehead atoms. The summed E-state index contributed by atoms with van der Waals surface area (Å²) in [5.74, 6) is 0.487. The van der Waals surface area contributed by atoms with Crippen LogP contribution in [0.5, 0.6) is 0 Å². The standard InChI is InChI=1S/C24H29N3O3S2/c1-4-32(29,30)26-16-20-13-9-8-12-19(20)14-21(26)22(28)27-23(31-17-24(27,2)3)25-15-18-10-6-5-7-11-18/h5-13,21H,4,14-17H2,1-3H3/t21-/m1/s1. The summed E-state index contributed by atoms with van der Waals surface area (Å²) in [4.78, 5) is 20.4. The van der Waals surface area contributed by atoms with Gasteiger partial charge in [-0.3, -0.25) is 14.7 Å². The minimum atomic E-state index is -3.56. The fourth-order valence-corrected chi connectivity index (χ4v) is 6.65. The summed E-state index contributed by atoms with van der Waals surface area (Å²) in [5.41, 5.74) is 2.61. The molecule has 2 aromatic carbocycles. The second kappa shape index (κ2) is 9.00. The number of benzene rings is 2. The quantitative estimate of drug-likeness (QED) is 0.667. The molecule has 2 aliphatic rings. The smallest absolute Gasteiger partial charge is 0.247 e. The molecule has 1 atom stereocenters. The van der Waals surface area contributed by atoms with Crippen LogP contribution in [-0.2, 0) is 34.3 Å². The predicted molar refractivity (Wildman–Crippen MR) is 130 cm³/mol. The Bertz CT molecular complexity index is 1130. The number of sulfonamides is 1. The first kappa shape index (κ1) is 23.0. The van der Waals surface area contributed by atoms with E-state index in [0.717, 1.165) is 22.4 Å². The summed E-state index contributed by atoms with van der Waals surface area (Å²) in [7, 11) is -3.56. The van der Waals surface area contributed by atoms with Crippen molar-refractivity contribution in [2.75, 3.05) is 11.5 Å². The van der Waals surface area contributed by atoms with Crippen molar-refractivity contribution in [1.29, 1.82) is 0 Å². The van der Waals surface area contributed by atoms with Gasteiger partial charge < -0.3 is 0 Å². The molecule has 2 aliphatic heterocycles. The molecule has 0 spiro atoms. The van der Waals surface area contributed by atoms with E-state index in [1.807, 2.05) is 68.4 Å². The average Bonchev–Trinajstić information content (AvgIpc) is 3.11. The highest BCUT2D eigenvalue weighted by atomic mass is 32.2. The van der Waals surface area contributed by atoms with E-state index in [9.17, 15) is 13.2 Å². The van der Waals surface area contributed by atoms with Gasteiger partial charge in [-0.2, -0.15) is 4.31 Å². The van der Waals surface area contributed by atoms with Crippen LogP contribution >= 0.6 is 11.8 Å². The summed E-state index contributed by atoms with van der Waals surface area (Å²) in [5, 5.41) is 0.663. The van der Waals surface area contributed by atoms with Crippen LogP contribution in [0.3, 0.4) is 0 Å². The summed E-state index contributed by atoms with van der Waals surface area (Å²) in [6.07, 6.45) is 0.372. The molecule has 0 saturated carbocycles. The molecule has 6 nitrogen and oxygen atoms in total. The van der Waals surface area contributed by atoms with Crippen molar-refractivity contribution in [2.24, 2.45) is 4.99 Å². The van der Waals surface area contributed by atoms with Crippen molar-refractivity contribution >= 4 is 32.9 Å². The van der Waals surface area contributed by atoms with Crippen LogP contribution < -0.4 is 0 Å². The molecule has 1 amide bonds. The SMILES string of the molecule is CCS(=O)(=O)N1Cc2ccccc2C[C@@H]1C(=O)N1C(=NCc2ccccc2)SCC1(C)C. The Morgan fingerprint density at radius 1 is 1.09 bits per heavy atom. The summed E-state index contributed by atoms with van der Waals surface area (Å²) in [6.45, 7) is 6.35. The van der Waals surface area contributed by atoms with Crippen molar-refractivity contribution in [3.05, 3.63) is 71.3 Å². The van der Waals surface area contributed by atoms with Crippen LogP contribution in [0, 0.1) is 0 Å². The van der Waals surface area contributed by atoms with Gasteiger partial charge >= 0.3 is 0 Å². The normalized spacial score (nSPS) is 22.2. The number of amidine groups is 1. The molecule has 0 unspecified atom stereocenters. The molecule has 8 heteroatoms. The van der Waals surface area contributed by atoms with Crippen molar-refractivity contribution in [2.45, 2.75) is 51.9 Å². The van der Waals surface area contributed by atoms with Gasteiger partial charge in [0.1, 0.15) is 6.04 Å². The Morgan fingerprint density at radius 3 is 2.44 bits per heavy atom. The Balaban J connectivity index is 1.68. The number of aliphatic imine (C=N–C) groups is 1. The number of rotatable bonds is 5. The molecule has 1 saturated heterocycles. The lowest BCUT2D eigenvalue weighted by Gasteiger charge is -2.39. The second-order valence-corrected chi connectivity index (χ2v) is 11.9. The number of nitrogens with zero attached hydrogens (tertiary/aromatic N) is 3. The summed E-state index contributed by atoms with van der Waals surface area (Å²) in [6, 6.07) is 16.9. The van der Waals surface area contributed by atoms with Gasteiger partial charge in [0.15, 0.2) is 5.17 Å². The first-order chi connectivity index (χ1) is 15.2. The van der Waals surface area contributed by atoms with E-state index < -0.39 is 21.6 Å². The Morgan fingerprint density at radius 2 is 1.75 bits per heavy atom. The zero-order chi connectivity index (χ0) is 22.9. The predicted octanol–water partition coefficient (Wildman–Crippen LogP) is 3.67. The largest absolute Gasteiger partial charge is 0.284 e. The van der Waals surface area contributed by atoms with Gasteiger partial charge in [0.25, 0.3) is 0 Å². The number of carbonyl (C=O) groups excluding carboxylic acids is 1. The highest BCUT2D eigenvalue weighted by Gasteiger charge is 2.47. The summed E-state index contributed by atoms with van der Waals surface area (Å²) < 4.78 is 27.3. The molecule has 0 N–H and O–H groups in total. The molecule has 1 fully saturated rings. The van der Waals surface area contributed by atoms with Crippen LogP contribution in [0.25, 0.3) is 0 Å². The highest BCUT2D eigenvalue weighted by Crippen LogP contribution is 2.36. The van der Waals surface area contributed by atoms with Crippen LogP contribution in [0.15, 0.2) is 59.6 Å². The minimum absolute atomic E-state index is 0.0357. The van der Waals surface area contributed by atoms with Crippen molar-refractivity contribution in [1.82, 2.24) is 9.21 Å². The van der Waals surface area contributed by atoms with Crippen LogP contribution in [0.2, 0.25) is 0 Å².